The number of fused-ring (bicyclic) bond motifs is 1. The molecule has 5 nitrogen and oxygen atoms in total. The summed E-state index contributed by atoms with van der Waals surface area (Å²) in [5, 5.41) is 18.4. The number of pyridine rings is 1. The highest BCUT2D eigenvalue weighted by Crippen LogP contribution is 2.19. The van der Waals surface area contributed by atoms with Gasteiger partial charge in [0, 0.05) is 31.4 Å². The van der Waals surface area contributed by atoms with Crippen molar-refractivity contribution in [3.63, 3.8) is 0 Å². The van der Waals surface area contributed by atoms with E-state index in [-0.39, 0.29) is 5.56 Å². The van der Waals surface area contributed by atoms with E-state index >= 15 is 0 Å². The van der Waals surface area contributed by atoms with Crippen LogP contribution in [-0.4, -0.2) is 16.0 Å². The van der Waals surface area contributed by atoms with Gasteiger partial charge in [0.05, 0.1) is 29.8 Å². The van der Waals surface area contributed by atoms with Crippen LogP contribution in [-0.2, 0) is 26.1 Å². The molecule has 0 aliphatic carbocycles. The van der Waals surface area contributed by atoms with Crippen LogP contribution < -0.4 is 5.56 Å². The number of aromatic nitrogens is 1. The maximum Gasteiger partial charge on any atom is 0.255 e. The van der Waals surface area contributed by atoms with Gasteiger partial charge >= 0.3 is 0 Å². The fourth-order valence-electron chi connectivity index (χ4n) is 3.96. The molecule has 0 N–H and O–H groups in total. The van der Waals surface area contributed by atoms with E-state index in [0.717, 1.165) is 35.2 Å². The smallest absolute Gasteiger partial charge is 0.255 e. The van der Waals surface area contributed by atoms with E-state index in [1.165, 1.54) is 5.56 Å². The molecule has 5 heteroatoms. The molecule has 3 aromatic rings. The fraction of sp³-hybridized carbons (Fsp3) is 0.296. The zero-order valence-corrected chi connectivity index (χ0v) is 18.9. The second kappa shape index (κ2) is 10.6. The van der Waals surface area contributed by atoms with Crippen molar-refractivity contribution in [2.75, 3.05) is 6.54 Å². The third kappa shape index (κ3) is 5.32. The maximum absolute atomic E-state index is 13.1. The number of nitrogens with zero attached hydrogens (tertiary/aromatic N) is 4. The number of benzene rings is 2. The van der Waals surface area contributed by atoms with Gasteiger partial charge in [-0.05, 0) is 54.3 Å². The Bertz CT molecular complexity index is 1190. The molecule has 162 valence electrons. The number of hydrogen-bond acceptors (Lipinski definition) is 4. The summed E-state index contributed by atoms with van der Waals surface area (Å²) in [6.45, 7) is 8.63. The molecule has 0 saturated heterocycles. The molecule has 0 amide bonds. The topological polar surface area (TPSA) is 72.8 Å². The Hall–Kier alpha value is -3.67. The highest BCUT2D eigenvalue weighted by molar-refractivity contribution is 5.42. The van der Waals surface area contributed by atoms with Gasteiger partial charge in [-0.15, -0.1) is 0 Å². The molecule has 1 aliphatic rings. The van der Waals surface area contributed by atoms with E-state index in [9.17, 15) is 15.3 Å². The van der Waals surface area contributed by atoms with Gasteiger partial charge in [-0.3, -0.25) is 9.69 Å². The average Bonchev–Trinajstić information content (AvgIpc) is 2.83. The van der Waals surface area contributed by atoms with Gasteiger partial charge in [0.15, 0.2) is 0 Å². The highest BCUT2D eigenvalue weighted by Gasteiger charge is 2.20. The molecule has 0 bridgehead atoms. The van der Waals surface area contributed by atoms with E-state index in [1.807, 2.05) is 32.2 Å². The SMILES string of the molecule is CC.Cc1ccc(Cn2ccc3c(c2=O)CN(Cc2cc(C#N)cc(C#N)c2)CC3)cc1. The van der Waals surface area contributed by atoms with Crippen LogP contribution in [0.3, 0.4) is 0 Å². The monoisotopic (exact) mass is 424 g/mol. The molecule has 0 unspecified atom stereocenters. The van der Waals surface area contributed by atoms with Gasteiger partial charge in [-0.25, -0.2) is 0 Å². The summed E-state index contributed by atoms with van der Waals surface area (Å²) in [7, 11) is 0. The van der Waals surface area contributed by atoms with Crippen molar-refractivity contribution in [2.24, 2.45) is 0 Å². The van der Waals surface area contributed by atoms with Crippen molar-refractivity contribution in [3.05, 3.63) is 104 Å². The molecule has 1 aliphatic heterocycles. The summed E-state index contributed by atoms with van der Waals surface area (Å²) in [4.78, 5) is 15.3. The number of nitriles is 2. The van der Waals surface area contributed by atoms with Crippen LogP contribution in [0, 0.1) is 29.6 Å². The van der Waals surface area contributed by atoms with Gasteiger partial charge in [0.25, 0.3) is 5.56 Å². The largest absolute Gasteiger partial charge is 0.311 e. The van der Waals surface area contributed by atoms with Crippen molar-refractivity contribution in [1.82, 2.24) is 9.47 Å². The zero-order valence-electron chi connectivity index (χ0n) is 18.9. The average molecular weight is 425 g/mol. The molecule has 2 aromatic carbocycles. The minimum Gasteiger partial charge on any atom is -0.311 e. The maximum atomic E-state index is 13.1. The van der Waals surface area contributed by atoms with Crippen LogP contribution in [0.15, 0.2) is 59.5 Å². The predicted octanol–water partition coefficient (Wildman–Crippen LogP) is 4.53. The molecule has 0 radical (unpaired) electrons. The first kappa shape index (κ1) is 23.0. The Balaban J connectivity index is 0.00000141. The summed E-state index contributed by atoms with van der Waals surface area (Å²) >= 11 is 0. The van der Waals surface area contributed by atoms with Crippen molar-refractivity contribution in [3.8, 4) is 12.1 Å². The van der Waals surface area contributed by atoms with E-state index in [0.29, 0.717) is 30.8 Å². The first-order valence-electron chi connectivity index (χ1n) is 11.0. The summed E-state index contributed by atoms with van der Waals surface area (Å²) in [6.07, 6.45) is 2.71. The van der Waals surface area contributed by atoms with Gasteiger partial charge in [0.2, 0.25) is 0 Å². The second-order valence-corrected chi connectivity index (χ2v) is 7.84. The minimum atomic E-state index is 0.0567. The predicted molar refractivity (Wildman–Crippen MR) is 126 cm³/mol. The molecule has 0 atom stereocenters. The van der Waals surface area contributed by atoms with Crippen LogP contribution in [0.5, 0.6) is 0 Å². The lowest BCUT2D eigenvalue weighted by molar-refractivity contribution is 0.243. The Morgan fingerprint density at radius 2 is 1.56 bits per heavy atom. The van der Waals surface area contributed by atoms with E-state index in [4.69, 9.17) is 0 Å². The van der Waals surface area contributed by atoms with Gasteiger partial charge in [0.1, 0.15) is 0 Å². The van der Waals surface area contributed by atoms with E-state index in [2.05, 4.69) is 54.3 Å². The summed E-state index contributed by atoms with van der Waals surface area (Å²) < 4.78 is 1.77. The molecule has 0 spiro atoms. The van der Waals surface area contributed by atoms with Crippen LogP contribution in [0.2, 0.25) is 0 Å². The molecular formula is C27H28N4O. The summed E-state index contributed by atoms with van der Waals surface area (Å²) in [5.74, 6) is 0. The van der Waals surface area contributed by atoms with Gasteiger partial charge < -0.3 is 4.57 Å². The van der Waals surface area contributed by atoms with Crippen molar-refractivity contribution in [1.29, 1.82) is 10.5 Å². The van der Waals surface area contributed by atoms with Crippen LogP contribution in [0.4, 0.5) is 0 Å². The van der Waals surface area contributed by atoms with Gasteiger partial charge in [-0.2, -0.15) is 10.5 Å². The van der Waals surface area contributed by atoms with E-state index < -0.39 is 0 Å². The lowest BCUT2D eigenvalue weighted by Gasteiger charge is -2.28. The third-order valence-electron chi connectivity index (χ3n) is 5.57. The Labute approximate surface area is 189 Å². The van der Waals surface area contributed by atoms with Crippen LogP contribution in [0.1, 0.15) is 52.8 Å². The summed E-state index contributed by atoms with van der Waals surface area (Å²) in [5.41, 5.74) is 6.21. The second-order valence-electron chi connectivity index (χ2n) is 7.84. The molecular weight excluding hydrogens is 396 g/mol. The molecule has 2 heterocycles. The quantitative estimate of drug-likeness (QED) is 0.617. The Morgan fingerprint density at radius 3 is 2.19 bits per heavy atom. The molecule has 4 rings (SSSR count). The van der Waals surface area contributed by atoms with Crippen LogP contribution in [0.25, 0.3) is 0 Å². The third-order valence-corrected chi connectivity index (χ3v) is 5.57. The fourth-order valence-corrected chi connectivity index (χ4v) is 3.96. The lowest BCUT2D eigenvalue weighted by Crippen LogP contribution is -2.36. The first-order chi connectivity index (χ1) is 15.6. The molecule has 32 heavy (non-hydrogen) atoms. The van der Waals surface area contributed by atoms with Gasteiger partial charge in [-0.1, -0.05) is 43.7 Å². The number of aryl methyl sites for hydroxylation is 1. The van der Waals surface area contributed by atoms with Crippen molar-refractivity contribution >= 4 is 0 Å². The van der Waals surface area contributed by atoms with Crippen molar-refractivity contribution in [2.45, 2.75) is 46.8 Å². The minimum absolute atomic E-state index is 0.0567. The van der Waals surface area contributed by atoms with E-state index in [1.54, 1.807) is 10.6 Å². The Morgan fingerprint density at radius 1 is 0.906 bits per heavy atom. The van der Waals surface area contributed by atoms with Crippen LogP contribution >= 0.6 is 0 Å². The molecule has 0 saturated carbocycles. The molecule has 0 fully saturated rings. The number of hydrogen-bond donors (Lipinski definition) is 0. The molecule has 1 aromatic heterocycles. The first-order valence-corrected chi connectivity index (χ1v) is 11.0. The highest BCUT2D eigenvalue weighted by atomic mass is 16.1. The zero-order chi connectivity index (χ0) is 23.1. The normalized spacial score (nSPS) is 12.7. The Kier molecular flexibility index (Phi) is 7.60. The lowest BCUT2D eigenvalue weighted by atomic mass is 10.00. The number of rotatable bonds is 4. The summed E-state index contributed by atoms with van der Waals surface area (Å²) in [6, 6.07) is 19.8. The standard InChI is InChI=1S/C25H22N4O.C2H6/c1-18-2-4-19(5-3-18)16-29-9-7-23-6-8-28(17-24(23)25(29)30)15-22-11-20(13-26)10-21(12-22)14-27;1-2/h2-5,7,9-12H,6,8,15-17H2,1H3;1-2H3. The van der Waals surface area contributed by atoms with Crippen molar-refractivity contribution < 1.29 is 0 Å².